The van der Waals surface area contributed by atoms with Gasteiger partial charge in [0.05, 0.1) is 0 Å². The maximum Gasteiger partial charge on any atom is 0.185 e. The molecule has 3 aromatic rings. The Bertz CT molecular complexity index is 654. The van der Waals surface area contributed by atoms with Crippen LogP contribution in [0.4, 0.5) is 0 Å². The minimum atomic E-state index is 0.315. The van der Waals surface area contributed by atoms with Crippen LogP contribution in [-0.4, -0.2) is 21.7 Å². The van der Waals surface area contributed by atoms with Crippen LogP contribution < -0.4 is 0 Å². The van der Waals surface area contributed by atoms with Gasteiger partial charge in [-0.1, -0.05) is 0 Å². The van der Waals surface area contributed by atoms with Gasteiger partial charge in [-0.2, -0.15) is 15.4 Å². The van der Waals surface area contributed by atoms with Crippen molar-refractivity contribution in [1.82, 2.24) is 15.4 Å². The second kappa shape index (κ2) is 3.30. The van der Waals surface area contributed by atoms with Gasteiger partial charge in [0.25, 0.3) is 0 Å². The van der Waals surface area contributed by atoms with Gasteiger partial charge in [-0.05, 0) is 30.3 Å². The Hall–Kier alpha value is -2.43. The summed E-state index contributed by atoms with van der Waals surface area (Å²) < 4.78 is 5.32. The van der Waals surface area contributed by atoms with E-state index in [0.29, 0.717) is 17.8 Å². The van der Waals surface area contributed by atoms with E-state index in [1.54, 1.807) is 12.1 Å². The van der Waals surface area contributed by atoms with Crippen molar-refractivity contribution in [3.8, 4) is 11.3 Å². The highest BCUT2D eigenvalue weighted by molar-refractivity contribution is 5.80. The van der Waals surface area contributed by atoms with E-state index in [4.69, 9.17) is 4.42 Å². The first-order chi connectivity index (χ1) is 7.86. The molecule has 0 amide bonds. The van der Waals surface area contributed by atoms with Gasteiger partial charge in [0.1, 0.15) is 16.8 Å². The SMILES string of the molecule is O=Cc1ccc(-c2ccc3n[nH]nc3c2)o1. The highest BCUT2D eigenvalue weighted by Gasteiger charge is 2.06. The molecule has 0 aliphatic rings. The fourth-order valence-corrected chi connectivity index (χ4v) is 1.56. The van der Waals surface area contributed by atoms with E-state index in [-0.39, 0.29) is 0 Å². The molecule has 0 fully saturated rings. The molecule has 0 saturated heterocycles. The summed E-state index contributed by atoms with van der Waals surface area (Å²) in [6.07, 6.45) is 0.679. The lowest BCUT2D eigenvalue weighted by Gasteiger charge is -1.95. The minimum absolute atomic E-state index is 0.315. The number of nitrogens with one attached hydrogen (secondary N) is 1. The number of nitrogens with zero attached hydrogens (tertiary/aromatic N) is 2. The number of aromatic amines is 1. The number of aldehydes is 1. The Morgan fingerprint density at radius 1 is 1.12 bits per heavy atom. The highest BCUT2D eigenvalue weighted by Crippen LogP contribution is 2.23. The van der Waals surface area contributed by atoms with E-state index in [0.717, 1.165) is 16.6 Å². The third-order valence-corrected chi connectivity index (χ3v) is 2.34. The molecular weight excluding hydrogens is 206 g/mol. The van der Waals surface area contributed by atoms with E-state index in [1.165, 1.54) is 0 Å². The number of hydrogen-bond acceptors (Lipinski definition) is 4. The number of hydrogen-bond donors (Lipinski definition) is 1. The predicted molar refractivity (Wildman–Crippen MR) is 57.0 cm³/mol. The van der Waals surface area contributed by atoms with E-state index in [9.17, 15) is 4.79 Å². The number of furan rings is 1. The number of aromatic nitrogens is 3. The molecule has 1 aromatic carbocycles. The summed E-state index contributed by atoms with van der Waals surface area (Å²) in [6, 6.07) is 8.96. The maximum atomic E-state index is 10.5. The number of carbonyl (C=O) groups is 1. The molecule has 5 heteroatoms. The van der Waals surface area contributed by atoms with Crippen molar-refractivity contribution in [3.05, 3.63) is 36.1 Å². The summed E-state index contributed by atoms with van der Waals surface area (Å²) in [5.41, 5.74) is 2.43. The van der Waals surface area contributed by atoms with Crippen LogP contribution in [0.1, 0.15) is 10.6 Å². The molecule has 2 aromatic heterocycles. The summed E-state index contributed by atoms with van der Waals surface area (Å²) in [5.74, 6) is 0.960. The van der Waals surface area contributed by atoms with Crippen molar-refractivity contribution in [1.29, 1.82) is 0 Å². The lowest BCUT2D eigenvalue weighted by atomic mass is 10.1. The molecule has 78 valence electrons. The summed E-state index contributed by atoms with van der Waals surface area (Å²) in [7, 11) is 0. The summed E-state index contributed by atoms with van der Waals surface area (Å²) >= 11 is 0. The zero-order valence-corrected chi connectivity index (χ0v) is 8.18. The summed E-state index contributed by atoms with van der Waals surface area (Å²) in [4.78, 5) is 10.5. The van der Waals surface area contributed by atoms with Crippen LogP contribution in [0.25, 0.3) is 22.4 Å². The van der Waals surface area contributed by atoms with Crippen LogP contribution in [0.15, 0.2) is 34.7 Å². The normalized spacial score (nSPS) is 10.8. The molecular formula is C11H7N3O2. The summed E-state index contributed by atoms with van der Waals surface area (Å²) in [5, 5.41) is 10.5. The molecule has 2 heterocycles. The molecule has 0 radical (unpaired) electrons. The van der Waals surface area contributed by atoms with Gasteiger partial charge >= 0.3 is 0 Å². The number of benzene rings is 1. The molecule has 3 rings (SSSR count). The standard InChI is InChI=1S/C11H7N3O2/c15-6-8-2-4-11(16-8)7-1-3-9-10(5-7)13-14-12-9/h1-6H,(H,12,13,14). The van der Waals surface area contributed by atoms with Gasteiger partial charge in [-0.25, -0.2) is 0 Å². The molecule has 0 spiro atoms. The summed E-state index contributed by atoms with van der Waals surface area (Å²) in [6.45, 7) is 0. The molecule has 16 heavy (non-hydrogen) atoms. The molecule has 1 N–H and O–H groups in total. The van der Waals surface area contributed by atoms with Gasteiger partial charge in [0.15, 0.2) is 12.0 Å². The number of H-pyrrole nitrogens is 1. The second-order valence-electron chi connectivity index (χ2n) is 3.35. The van der Waals surface area contributed by atoms with Crippen LogP contribution in [0, 0.1) is 0 Å². The van der Waals surface area contributed by atoms with Crippen molar-refractivity contribution >= 4 is 17.3 Å². The Morgan fingerprint density at radius 2 is 2.00 bits per heavy atom. The van der Waals surface area contributed by atoms with Crippen molar-refractivity contribution < 1.29 is 9.21 Å². The van der Waals surface area contributed by atoms with Crippen LogP contribution in [0.3, 0.4) is 0 Å². The first kappa shape index (κ1) is 8.84. The minimum Gasteiger partial charge on any atom is -0.453 e. The smallest absolute Gasteiger partial charge is 0.185 e. The molecule has 0 atom stereocenters. The Kier molecular flexibility index (Phi) is 1.83. The molecule has 0 saturated carbocycles. The lowest BCUT2D eigenvalue weighted by Crippen LogP contribution is -1.75. The fourth-order valence-electron chi connectivity index (χ4n) is 1.56. The van der Waals surface area contributed by atoms with Gasteiger partial charge in [-0.15, -0.1) is 0 Å². The van der Waals surface area contributed by atoms with Crippen LogP contribution in [-0.2, 0) is 0 Å². The average molecular weight is 213 g/mol. The third-order valence-electron chi connectivity index (χ3n) is 2.34. The predicted octanol–water partition coefficient (Wildman–Crippen LogP) is 2.03. The van der Waals surface area contributed by atoms with Gasteiger partial charge in [-0.3, -0.25) is 4.79 Å². The first-order valence-corrected chi connectivity index (χ1v) is 4.73. The molecule has 0 bridgehead atoms. The molecule has 5 nitrogen and oxygen atoms in total. The van der Waals surface area contributed by atoms with Gasteiger partial charge in [0, 0.05) is 5.56 Å². The second-order valence-corrected chi connectivity index (χ2v) is 3.35. The van der Waals surface area contributed by atoms with E-state index in [2.05, 4.69) is 15.4 Å². The van der Waals surface area contributed by atoms with Crippen molar-refractivity contribution in [2.24, 2.45) is 0 Å². The highest BCUT2D eigenvalue weighted by atomic mass is 16.3. The number of rotatable bonds is 2. The Labute approximate surface area is 90.1 Å². The molecule has 0 unspecified atom stereocenters. The van der Waals surface area contributed by atoms with Gasteiger partial charge < -0.3 is 4.42 Å². The monoisotopic (exact) mass is 213 g/mol. The van der Waals surface area contributed by atoms with Crippen LogP contribution in [0.5, 0.6) is 0 Å². The topological polar surface area (TPSA) is 71.8 Å². The van der Waals surface area contributed by atoms with Crippen molar-refractivity contribution in [2.75, 3.05) is 0 Å². The third kappa shape index (κ3) is 1.30. The zero-order chi connectivity index (χ0) is 11.0. The number of fused-ring (bicyclic) bond motifs is 1. The Balaban J connectivity index is 2.13. The molecule has 0 aliphatic carbocycles. The zero-order valence-electron chi connectivity index (χ0n) is 8.18. The van der Waals surface area contributed by atoms with Crippen LogP contribution in [0.2, 0.25) is 0 Å². The van der Waals surface area contributed by atoms with E-state index < -0.39 is 0 Å². The Morgan fingerprint density at radius 3 is 2.81 bits per heavy atom. The lowest BCUT2D eigenvalue weighted by molar-refractivity contribution is 0.110. The van der Waals surface area contributed by atoms with E-state index >= 15 is 0 Å². The van der Waals surface area contributed by atoms with Crippen LogP contribution >= 0.6 is 0 Å². The quantitative estimate of drug-likeness (QED) is 0.661. The number of carbonyl (C=O) groups excluding carboxylic acids is 1. The fraction of sp³-hybridized carbons (Fsp3) is 0. The molecule has 0 aliphatic heterocycles. The van der Waals surface area contributed by atoms with E-state index in [1.807, 2.05) is 18.2 Å². The first-order valence-electron chi connectivity index (χ1n) is 4.73. The van der Waals surface area contributed by atoms with Crippen molar-refractivity contribution in [2.45, 2.75) is 0 Å². The van der Waals surface area contributed by atoms with Crippen molar-refractivity contribution in [3.63, 3.8) is 0 Å². The largest absolute Gasteiger partial charge is 0.453 e. The maximum absolute atomic E-state index is 10.5. The van der Waals surface area contributed by atoms with Gasteiger partial charge in [0.2, 0.25) is 0 Å². The average Bonchev–Trinajstić information content (AvgIpc) is 2.96.